The summed E-state index contributed by atoms with van der Waals surface area (Å²) in [6.45, 7) is 0. The van der Waals surface area contributed by atoms with Crippen molar-refractivity contribution in [2.75, 3.05) is 0 Å². The lowest BCUT2D eigenvalue weighted by Crippen LogP contribution is -2.00. The first-order chi connectivity index (χ1) is 24.2. The van der Waals surface area contributed by atoms with Gasteiger partial charge in [0.15, 0.2) is 17.5 Å². The average Bonchev–Trinajstić information content (AvgIpc) is 3.56. The second kappa shape index (κ2) is 11.0. The number of hydrogen-bond acceptors (Lipinski definition) is 4. The zero-order valence-corrected chi connectivity index (χ0v) is 26.3. The molecule has 2 heterocycles. The molecule has 0 unspecified atom stereocenters. The van der Waals surface area contributed by atoms with Gasteiger partial charge in [0.05, 0.1) is 0 Å². The highest BCUT2D eigenvalue weighted by molar-refractivity contribution is 6.15. The third kappa shape index (κ3) is 4.65. The highest BCUT2D eigenvalue weighted by atomic mass is 16.3. The van der Waals surface area contributed by atoms with Crippen LogP contribution in [-0.4, -0.2) is 15.0 Å². The van der Waals surface area contributed by atoms with Gasteiger partial charge in [-0.3, -0.25) is 0 Å². The van der Waals surface area contributed by atoms with E-state index >= 15 is 0 Å². The summed E-state index contributed by atoms with van der Waals surface area (Å²) in [6, 6.07) is 57.0. The Morgan fingerprint density at radius 3 is 1.49 bits per heavy atom. The summed E-state index contributed by atoms with van der Waals surface area (Å²) in [5.74, 6) is 1.91. The van der Waals surface area contributed by atoms with E-state index in [9.17, 15) is 0 Å². The Hall–Kier alpha value is -6.65. The van der Waals surface area contributed by atoms with Crippen LogP contribution in [0.2, 0.25) is 0 Å². The summed E-state index contributed by atoms with van der Waals surface area (Å²) >= 11 is 0. The molecule has 0 N–H and O–H groups in total. The zero-order valence-electron chi connectivity index (χ0n) is 26.3. The largest absolute Gasteiger partial charge is 0.456 e. The van der Waals surface area contributed by atoms with Crippen molar-refractivity contribution in [3.8, 4) is 45.3 Å². The van der Waals surface area contributed by atoms with E-state index in [1.807, 2.05) is 18.2 Å². The molecule has 10 rings (SSSR count). The van der Waals surface area contributed by atoms with Crippen molar-refractivity contribution in [2.45, 2.75) is 0 Å². The zero-order chi connectivity index (χ0) is 32.3. The Bertz CT molecular complexity index is 2810. The molecule has 0 saturated carbocycles. The number of furan rings is 1. The summed E-state index contributed by atoms with van der Waals surface area (Å²) in [5, 5.41) is 9.14. The van der Waals surface area contributed by atoms with Crippen molar-refractivity contribution >= 4 is 54.3 Å². The lowest BCUT2D eigenvalue weighted by atomic mass is 9.93. The summed E-state index contributed by atoms with van der Waals surface area (Å²) < 4.78 is 6.26. The van der Waals surface area contributed by atoms with Crippen LogP contribution in [0.3, 0.4) is 0 Å². The standard InChI is InChI=1S/C45H27N3O/c1-3-11-31-25-33(22-19-28(31)9-1)43-46-44(34-23-20-29-10-2-4-12-32(29)26-34)48-45(47-43)35-24-21-30-13-7-15-36(39(30)27-35)37-16-8-18-41-42(37)38-14-5-6-17-40(38)49-41/h1-27H. The highest BCUT2D eigenvalue weighted by Crippen LogP contribution is 2.40. The van der Waals surface area contributed by atoms with E-state index in [-0.39, 0.29) is 0 Å². The van der Waals surface area contributed by atoms with Crippen molar-refractivity contribution in [3.05, 3.63) is 164 Å². The number of para-hydroxylation sites is 1. The highest BCUT2D eigenvalue weighted by Gasteiger charge is 2.17. The Balaban J connectivity index is 1.19. The Morgan fingerprint density at radius 1 is 0.327 bits per heavy atom. The van der Waals surface area contributed by atoms with Crippen molar-refractivity contribution in [1.29, 1.82) is 0 Å². The fourth-order valence-electron chi connectivity index (χ4n) is 7.07. The summed E-state index contributed by atoms with van der Waals surface area (Å²) in [7, 11) is 0. The SMILES string of the molecule is c1ccc2cc(-c3nc(-c4ccc5ccccc5c4)nc(-c4ccc5cccc(-c6cccc7oc8ccccc8c67)c5c4)n3)ccc2c1. The van der Waals surface area contributed by atoms with Crippen LogP contribution in [0.15, 0.2) is 168 Å². The molecule has 8 aromatic carbocycles. The predicted octanol–water partition coefficient (Wildman–Crippen LogP) is 11.9. The average molecular weight is 626 g/mol. The van der Waals surface area contributed by atoms with E-state index in [0.717, 1.165) is 71.3 Å². The molecule has 228 valence electrons. The molecule has 0 aliphatic rings. The van der Waals surface area contributed by atoms with E-state index < -0.39 is 0 Å². The number of hydrogen-bond donors (Lipinski definition) is 0. The second-order valence-electron chi connectivity index (χ2n) is 12.4. The van der Waals surface area contributed by atoms with Gasteiger partial charge in [0.25, 0.3) is 0 Å². The third-order valence-electron chi connectivity index (χ3n) is 9.48. The quantitative estimate of drug-likeness (QED) is 0.195. The molecule has 0 spiro atoms. The van der Waals surface area contributed by atoms with Gasteiger partial charge in [-0.1, -0.05) is 133 Å². The topological polar surface area (TPSA) is 51.8 Å². The maximum atomic E-state index is 6.26. The van der Waals surface area contributed by atoms with E-state index in [4.69, 9.17) is 19.4 Å². The van der Waals surface area contributed by atoms with Crippen LogP contribution in [0.1, 0.15) is 0 Å². The van der Waals surface area contributed by atoms with Crippen LogP contribution < -0.4 is 0 Å². The van der Waals surface area contributed by atoms with Gasteiger partial charge in [0.1, 0.15) is 11.2 Å². The van der Waals surface area contributed by atoms with Crippen LogP contribution in [0.5, 0.6) is 0 Å². The second-order valence-corrected chi connectivity index (χ2v) is 12.4. The van der Waals surface area contributed by atoms with E-state index in [1.54, 1.807) is 0 Å². The van der Waals surface area contributed by atoms with Crippen molar-refractivity contribution in [3.63, 3.8) is 0 Å². The van der Waals surface area contributed by atoms with Gasteiger partial charge in [-0.15, -0.1) is 0 Å². The molecule has 4 heteroatoms. The Kier molecular flexibility index (Phi) is 6.15. The number of fused-ring (bicyclic) bond motifs is 6. The molecule has 0 aliphatic heterocycles. The first-order valence-corrected chi connectivity index (χ1v) is 16.4. The van der Waals surface area contributed by atoms with Crippen LogP contribution in [0, 0.1) is 0 Å². The number of aromatic nitrogens is 3. The van der Waals surface area contributed by atoms with E-state index in [1.165, 1.54) is 10.8 Å². The third-order valence-corrected chi connectivity index (χ3v) is 9.48. The predicted molar refractivity (Wildman–Crippen MR) is 201 cm³/mol. The monoisotopic (exact) mass is 625 g/mol. The molecule has 0 amide bonds. The summed E-state index contributed by atoms with van der Waals surface area (Å²) in [4.78, 5) is 15.3. The lowest BCUT2D eigenvalue weighted by molar-refractivity contribution is 0.669. The van der Waals surface area contributed by atoms with Crippen LogP contribution >= 0.6 is 0 Å². The number of nitrogens with zero attached hydrogens (tertiary/aromatic N) is 3. The molecule has 0 aliphatic carbocycles. The van der Waals surface area contributed by atoms with Crippen molar-refractivity contribution in [1.82, 2.24) is 15.0 Å². The van der Waals surface area contributed by atoms with Crippen LogP contribution in [0.25, 0.3) is 99.5 Å². The summed E-state index contributed by atoms with van der Waals surface area (Å²) in [6.07, 6.45) is 0. The molecule has 10 aromatic rings. The Labute approximate surface area is 282 Å². The van der Waals surface area contributed by atoms with Gasteiger partial charge in [-0.25, -0.2) is 15.0 Å². The minimum Gasteiger partial charge on any atom is -0.456 e. The maximum absolute atomic E-state index is 6.26. The van der Waals surface area contributed by atoms with Gasteiger partial charge in [0, 0.05) is 27.5 Å². The van der Waals surface area contributed by atoms with Crippen LogP contribution in [-0.2, 0) is 0 Å². The van der Waals surface area contributed by atoms with E-state index in [2.05, 4.69) is 146 Å². The van der Waals surface area contributed by atoms with Gasteiger partial charge in [-0.05, 0) is 73.8 Å². The first kappa shape index (κ1) is 27.5. The minimum atomic E-state index is 0.630. The normalized spacial score (nSPS) is 11.7. The maximum Gasteiger partial charge on any atom is 0.164 e. The molecule has 0 saturated heterocycles. The molecule has 0 fully saturated rings. The molecule has 0 radical (unpaired) electrons. The smallest absolute Gasteiger partial charge is 0.164 e. The number of rotatable bonds is 4. The van der Waals surface area contributed by atoms with Crippen LogP contribution in [0.4, 0.5) is 0 Å². The Morgan fingerprint density at radius 2 is 0.816 bits per heavy atom. The molecule has 4 nitrogen and oxygen atoms in total. The van der Waals surface area contributed by atoms with E-state index in [0.29, 0.717) is 17.5 Å². The summed E-state index contributed by atoms with van der Waals surface area (Å²) in [5.41, 5.74) is 6.86. The molecule has 49 heavy (non-hydrogen) atoms. The van der Waals surface area contributed by atoms with Gasteiger partial charge < -0.3 is 4.42 Å². The van der Waals surface area contributed by atoms with Gasteiger partial charge in [-0.2, -0.15) is 0 Å². The molecule has 0 atom stereocenters. The van der Waals surface area contributed by atoms with Gasteiger partial charge in [0.2, 0.25) is 0 Å². The lowest BCUT2D eigenvalue weighted by Gasteiger charge is -2.12. The molecular weight excluding hydrogens is 599 g/mol. The minimum absolute atomic E-state index is 0.630. The van der Waals surface area contributed by atoms with Crippen molar-refractivity contribution in [2.24, 2.45) is 0 Å². The molecule has 0 bridgehead atoms. The van der Waals surface area contributed by atoms with Crippen molar-refractivity contribution < 1.29 is 4.42 Å². The van der Waals surface area contributed by atoms with Gasteiger partial charge >= 0.3 is 0 Å². The fourth-order valence-corrected chi connectivity index (χ4v) is 7.07. The molecular formula is C45H27N3O. The molecule has 2 aromatic heterocycles. The first-order valence-electron chi connectivity index (χ1n) is 16.4. The number of benzene rings is 8. The fraction of sp³-hybridized carbons (Fsp3) is 0.